The zero-order valence-corrected chi connectivity index (χ0v) is 60.0. The molecule has 47 heteroatoms. The normalized spacial score (nSPS) is 12.7. The van der Waals surface area contributed by atoms with Crippen molar-refractivity contribution in [3.05, 3.63) is 45.8 Å². The Labute approximate surface area is 618 Å². The van der Waals surface area contributed by atoms with Crippen molar-refractivity contribution in [1.29, 1.82) is 0 Å². The summed E-state index contributed by atoms with van der Waals surface area (Å²) in [6.45, 7) is 0.0243. The van der Waals surface area contributed by atoms with Gasteiger partial charge in [-0.15, -0.1) is 0 Å². The molecular weight excluding hydrogens is 1400 g/mol. The number of rotatable bonds is 55. The molecule has 0 bridgehead atoms. The zero-order valence-electron chi connectivity index (χ0n) is 60.0. The molecule has 10 amide bonds. The Balaban J connectivity index is 3.92. The van der Waals surface area contributed by atoms with Crippen LogP contribution < -0.4 is 145 Å². The number of nitrogens with one attached hydrogen (secondary N) is 9. The van der Waals surface area contributed by atoms with Crippen LogP contribution in [0.5, 0.6) is 0 Å². The third kappa shape index (κ3) is 45.2. The lowest BCUT2D eigenvalue weighted by atomic mass is 10.0. The fourth-order valence-electron chi connectivity index (χ4n) is 9.76. The van der Waals surface area contributed by atoms with Crippen LogP contribution in [0.15, 0.2) is 69.3 Å². The van der Waals surface area contributed by atoms with E-state index in [9.17, 15) is 47.9 Å². The molecule has 1 aromatic carbocycles. The molecule has 0 saturated carbocycles. The predicted octanol–water partition coefficient (Wildman–Crippen LogP) is -10.3. The van der Waals surface area contributed by atoms with Crippen LogP contribution >= 0.6 is 0 Å². The molecule has 0 radical (unpaired) electrons. The standard InChI is InChI=1S/C60H111N37O10/c61-45(100)35(9-1-23-79-53(62)63)90-47(102)37(11-3-25-81-55(66)67)92-49(104)39(13-5-27-83-57(70)71)94-51(106)41(15-7-29-85-59(74)75)96-52(107)42(16-8-30-86-60(76)77)95-50(105)40(14-6-28-84-58(72)73)93-48(103)38(12-4-26-82-56(68)69)91-46(101)36(10-2-24-80-54(64)65)89-44(99)22-21-43(98)87-31-33-17-19-34(20-18-33)32-88-97-78/h17-20,35-42H,1-16,21-32H2,(H2,61,100)(H,87,98)(H,89,99)(H,90,102)(H,91,101)(H,92,104)(H,93,103)(H,94,106)(H,95,105)(H,96,107)(H4,62,63,79)(H4,64,65,80)(H4,66,67,81)(H4,68,69,82)(H4,70,71,83)(H4,72,73,84)(H4,74,75,85)(H4,76,77,86)/t35-,36-,37-,38-,39-,40-,41-,42-/m0/s1. The van der Waals surface area contributed by atoms with E-state index in [1.54, 1.807) is 24.3 Å². The Morgan fingerprint density at radius 3 is 0.729 bits per heavy atom. The van der Waals surface area contributed by atoms with Crippen LogP contribution in [0.2, 0.25) is 0 Å². The highest BCUT2D eigenvalue weighted by atomic mass is 16.2. The van der Waals surface area contributed by atoms with Gasteiger partial charge in [0.2, 0.25) is 59.1 Å². The lowest BCUT2D eigenvalue weighted by Crippen LogP contribution is -2.60. The van der Waals surface area contributed by atoms with Gasteiger partial charge in [0.1, 0.15) is 48.3 Å². The summed E-state index contributed by atoms with van der Waals surface area (Å²) in [4.78, 5) is 176. The second-order valence-corrected chi connectivity index (χ2v) is 24.0. The van der Waals surface area contributed by atoms with E-state index in [4.69, 9.17) is 103 Å². The van der Waals surface area contributed by atoms with Crippen LogP contribution in [0, 0.1) is 0 Å². The van der Waals surface area contributed by atoms with Gasteiger partial charge in [-0.1, -0.05) is 29.4 Å². The summed E-state index contributed by atoms with van der Waals surface area (Å²) in [6.07, 6.45) is -1.37. The molecular formula is C60H111N37O10. The first-order valence-electron chi connectivity index (χ1n) is 34.2. The number of benzene rings is 1. The maximum Gasteiger partial charge on any atom is 0.243 e. The van der Waals surface area contributed by atoms with Crippen molar-refractivity contribution < 1.29 is 47.9 Å². The average molecular weight is 1510 g/mol. The van der Waals surface area contributed by atoms with Crippen LogP contribution in [0.1, 0.15) is 127 Å². The van der Waals surface area contributed by atoms with E-state index in [0.29, 0.717) is 0 Å². The maximum absolute atomic E-state index is 14.9. The molecule has 1 rings (SSSR count). The largest absolute Gasteiger partial charge is 0.370 e. The number of azide groups is 1. The minimum Gasteiger partial charge on any atom is -0.370 e. The van der Waals surface area contributed by atoms with Gasteiger partial charge in [0, 0.05) is 76.7 Å². The summed E-state index contributed by atoms with van der Waals surface area (Å²) >= 11 is 0. The lowest BCUT2D eigenvalue weighted by Gasteiger charge is -2.28. The summed E-state index contributed by atoms with van der Waals surface area (Å²) in [7, 11) is 0. The molecule has 0 aromatic heterocycles. The van der Waals surface area contributed by atoms with Crippen LogP contribution in [0.4, 0.5) is 0 Å². The SMILES string of the molecule is [N-]=[N+]=NCc1ccc(CNC(=O)CCC(=O)N[C@@H](CCCN=C(N)N)C(=O)N[C@@H](CCCN=C(N)N)C(=O)N[C@@H](CCCN=C(N)N)C(=O)N[C@@H](CCCN=C(N)N)C(=O)N[C@@H](CCCN=C(N)N)C(=O)N[C@@H](CCCN=C(N)N)C(=O)N[C@@H](CCCN=C(N)N)C(=O)N[C@@H](CCCN=C(N)N)C(N)=O)cc1. The maximum atomic E-state index is 14.9. The third-order valence-corrected chi connectivity index (χ3v) is 15.1. The number of nitrogens with two attached hydrogens (primary N) is 17. The van der Waals surface area contributed by atoms with E-state index in [1.807, 2.05) is 0 Å². The molecule has 0 heterocycles. The minimum atomic E-state index is -1.58. The molecule has 0 spiro atoms. The van der Waals surface area contributed by atoms with Crippen molar-refractivity contribution in [2.24, 2.45) is 143 Å². The molecule has 43 N–H and O–H groups in total. The molecule has 0 aliphatic heterocycles. The van der Waals surface area contributed by atoms with E-state index in [1.165, 1.54) is 0 Å². The fraction of sp³-hybridized carbons (Fsp3) is 0.600. The minimum absolute atomic E-state index is 0.00128. The first-order valence-corrected chi connectivity index (χ1v) is 34.2. The van der Waals surface area contributed by atoms with Gasteiger partial charge in [0.15, 0.2) is 47.7 Å². The molecule has 47 nitrogen and oxygen atoms in total. The van der Waals surface area contributed by atoms with Gasteiger partial charge in [-0.25, -0.2) is 0 Å². The van der Waals surface area contributed by atoms with Gasteiger partial charge in [-0.05, 0) is 119 Å². The molecule has 8 atom stereocenters. The number of aliphatic imine (C=N–C) groups is 8. The topological polar surface area (TPSA) is 869 Å². The average Bonchev–Trinajstić information content (AvgIpc) is 0.859. The van der Waals surface area contributed by atoms with Gasteiger partial charge in [0.05, 0.1) is 6.54 Å². The van der Waals surface area contributed by atoms with Crippen molar-refractivity contribution in [3.63, 3.8) is 0 Å². The number of carbonyl (C=O) groups is 10. The van der Waals surface area contributed by atoms with Crippen LogP contribution in [-0.2, 0) is 61.0 Å². The van der Waals surface area contributed by atoms with Gasteiger partial charge in [-0.2, -0.15) is 0 Å². The first-order chi connectivity index (χ1) is 50.7. The molecule has 596 valence electrons. The number of primary amides is 1. The summed E-state index contributed by atoms with van der Waals surface area (Å²) in [5.41, 5.74) is 105. The van der Waals surface area contributed by atoms with Gasteiger partial charge in [-0.3, -0.25) is 87.9 Å². The van der Waals surface area contributed by atoms with E-state index in [-0.39, 0.29) is 229 Å². The highest BCUT2D eigenvalue weighted by Crippen LogP contribution is 2.13. The van der Waals surface area contributed by atoms with Crippen molar-refractivity contribution in [3.8, 4) is 0 Å². The van der Waals surface area contributed by atoms with Crippen molar-refractivity contribution >= 4 is 107 Å². The predicted molar refractivity (Wildman–Crippen MR) is 404 cm³/mol. The van der Waals surface area contributed by atoms with Crippen molar-refractivity contribution in [2.75, 3.05) is 52.4 Å². The molecule has 0 saturated heterocycles. The summed E-state index contributed by atoms with van der Waals surface area (Å²) < 4.78 is 0. The molecule has 0 aliphatic rings. The molecule has 0 fully saturated rings. The molecule has 0 aliphatic carbocycles. The van der Waals surface area contributed by atoms with E-state index < -0.39 is 107 Å². The van der Waals surface area contributed by atoms with Gasteiger partial charge < -0.3 is 145 Å². The summed E-state index contributed by atoms with van der Waals surface area (Å²) in [5.74, 6) is -10.9. The van der Waals surface area contributed by atoms with Crippen molar-refractivity contribution in [1.82, 2.24) is 47.9 Å². The zero-order chi connectivity index (χ0) is 80.2. The quantitative estimate of drug-likeness (QED) is 0.00719. The van der Waals surface area contributed by atoms with E-state index in [0.717, 1.165) is 11.1 Å². The highest BCUT2D eigenvalue weighted by Gasteiger charge is 2.35. The highest BCUT2D eigenvalue weighted by molar-refractivity contribution is 5.98. The third-order valence-electron chi connectivity index (χ3n) is 15.1. The molecule has 107 heavy (non-hydrogen) atoms. The second-order valence-electron chi connectivity index (χ2n) is 24.0. The fourth-order valence-corrected chi connectivity index (χ4v) is 9.76. The Morgan fingerprint density at radius 2 is 0.505 bits per heavy atom. The number of nitrogens with zero attached hydrogens (tertiary/aromatic N) is 11. The first kappa shape index (κ1) is 92.4. The number of guanidine groups is 8. The van der Waals surface area contributed by atoms with Crippen LogP contribution in [0.3, 0.4) is 0 Å². The second kappa shape index (κ2) is 53.2. The number of hydrogen-bond donors (Lipinski definition) is 26. The number of hydrogen-bond acceptors (Lipinski definition) is 19. The molecule has 1 aromatic rings. The Kier molecular flexibility index (Phi) is 46.0. The van der Waals surface area contributed by atoms with E-state index >= 15 is 0 Å². The van der Waals surface area contributed by atoms with Crippen molar-refractivity contribution in [2.45, 2.75) is 177 Å². The Hall–Kier alpha value is -12.6. The Bertz CT molecular complexity index is 3300. The molecule has 0 unspecified atom stereocenters. The monoisotopic (exact) mass is 1510 g/mol. The van der Waals surface area contributed by atoms with E-state index in [2.05, 4.69) is 97.8 Å². The van der Waals surface area contributed by atoms with Crippen LogP contribution in [-0.4, -0.2) is 207 Å². The summed E-state index contributed by atoms with van der Waals surface area (Å²) in [5, 5.41) is 27.3. The number of amides is 10. The van der Waals surface area contributed by atoms with Crippen LogP contribution in [0.25, 0.3) is 10.4 Å². The smallest absolute Gasteiger partial charge is 0.243 e. The summed E-state index contributed by atoms with van der Waals surface area (Å²) in [6, 6.07) is -4.82. The number of carbonyl (C=O) groups excluding carboxylic acids is 10. The van der Waals surface area contributed by atoms with Gasteiger partial charge >= 0.3 is 0 Å². The van der Waals surface area contributed by atoms with Gasteiger partial charge in [0.25, 0.3) is 0 Å². The lowest BCUT2D eigenvalue weighted by molar-refractivity contribution is -0.136. The Morgan fingerprint density at radius 1 is 0.299 bits per heavy atom.